The molecule has 0 aromatic heterocycles. The molecule has 1 aliphatic carbocycles. The largest absolute Gasteiger partial charge is 0.573 e. The van der Waals surface area contributed by atoms with Gasteiger partial charge in [0.05, 0.1) is 19.4 Å². The summed E-state index contributed by atoms with van der Waals surface area (Å²) in [5.74, 6) is -0.802. The minimum Gasteiger partial charge on any atom is -0.493 e. The molecular formula is C28H26F4N2O6S. The van der Waals surface area contributed by atoms with Crippen molar-refractivity contribution in [3.8, 4) is 23.0 Å². The number of hydrogen-bond acceptors (Lipinski definition) is 7. The van der Waals surface area contributed by atoms with E-state index in [2.05, 4.69) is 9.46 Å². The molecule has 3 aromatic rings. The van der Waals surface area contributed by atoms with Crippen molar-refractivity contribution in [2.45, 2.75) is 24.1 Å². The molecule has 0 fully saturated rings. The fourth-order valence-electron chi connectivity index (χ4n) is 3.92. The molecule has 4 rings (SSSR count). The summed E-state index contributed by atoms with van der Waals surface area (Å²) in [5, 5.41) is 0. The van der Waals surface area contributed by atoms with E-state index in [1.807, 2.05) is 12.1 Å². The van der Waals surface area contributed by atoms with Crippen LogP contribution in [0.2, 0.25) is 0 Å². The van der Waals surface area contributed by atoms with Crippen LogP contribution in [0.25, 0.3) is 5.76 Å². The highest BCUT2D eigenvalue weighted by Crippen LogP contribution is 2.37. The van der Waals surface area contributed by atoms with Crippen molar-refractivity contribution in [3.63, 3.8) is 0 Å². The average molecular weight is 595 g/mol. The van der Waals surface area contributed by atoms with Crippen LogP contribution in [0.15, 0.2) is 77.7 Å². The normalized spacial score (nSPS) is 13.1. The van der Waals surface area contributed by atoms with Gasteiger partial charge in [0.2, 0.25) is 0 Å². The third-order valence-electron chi connectivity index (χ3n) is 5.75. The van der Waals surface area contributed by atoms with Crippen LogP contribution in [0.5, 0.6) is 23.0 Å². The Balaban J connectivity index is 1.57. The smallest absolute Gasteiger partial charge is 0.493 e. The van der Waals surface area contributed by atoms with Crippen molar-refractivity contribution >= 4 is 21.5 Å². The number of ether oxygens (including phenoxy) is 4. The summed E-state index contributed by atoms with van der Waals surface area (Å²) in [5.41, 5.74) is 6.76. The van der Waals surface area contributed by atoms with Crippen LogP contribution in [-0.4, -0.2) is 35.0 Å². The Morgan fingerprint density at radius 2 is 1.78 bits per heavy atom. The predicted octanol–water partition coefficient (Wildman–Crippen LogP) is 5.79. The second kappa shape index (κ2) is 12.5. The zero-order valence-corrected chi connectivity index (χ0v) is 22.5. The number of sulfonamides is 1. The molecule has 0 amide bonds. The zero-order chi connectivity index (χ0) is 29.6. The van der Waals surface area contributed by atoms with Gasteiger partial charge in [-0.2, -0.15) is 0 Å². The number of halogens is 4. The number of fused-ring (bicyclic) bond motifs is 1. The van der Waals surface area contributed by atoms with E-state index in [-0.39, 0.29) is 11.4 Å². The zero-order valence-electron chi connectivity index (χ0n) is 21.7. The lowest BCUT2D eigenvalue weighted by molar-refractivity contribution is -0.275. The molecule has 41 heavy (non-hydrogen) atoms. The van der Waals surface area contributed by atoms with Crippen molar-refractivity contribution in [1.29, 1.82) is 0 Å². The quantitative estimate of drug-likeness (QED) is 0.214. The van der Waals surface area contributed by atoms with Gasteiger partial charge in [0.1, 0.15) is 16.4 Å². The highest BCUT2D eigenvalue weighted by Gasteiger charge is 2.34. The molecule has 3 N–H and O–H groups in total. The number of methoxy groups -OCH3 is 1. The van der Waals surface area contributed by atoms with E-state index in [0.717, 1.165) is 23.8 Å². The van der Waals surface area contributed by atoms with Gasteiger partial charge in [-0.05, 0) is 67.4 Å². The van der Waals surface area contributed by atoms with Gasteiger partial charge in [0.25, 0.3) is 10.0 Å². The monoisotopic (exact) mass is 594 g/mol. The van der Waals surface area contributed by atoms with E-state index in [4.69, 9.17) is 19.9 Å². The molecular weight excluding hydrogens is 568 g/mol. The lowest BCUT2D eigenvalue weighted by atomic mass is 10.0. The van der Waals surface area contributed by atoms with E-state index in [1.165, 1.54) is 31.4 Å². The number of alkyl halides is 3. The van der Waals surface area contributed by atoms with Gasteiger partial charge in [-0.25, -0.2) is 12.8 Å². The molecule has 218 valence electrons. The van der Waals surface area contributed by atoms with Crippen LogP contribution in [0.4, 0.5) is 23.2 Å². The van der Waals surface area contributed by atoms with Crippen molar-refractivity contribution in [2.24, 2.45) is 5.73 Å². The fourth-order valence-corrected chi connectivity index (χ4v) is 5.10. The molecule has 0 unspecified atom stereocenters. The first-order chi connectivity index (χ1) is 19.5. The maximum absolute atomic E-state index is 15.1. The number of hydrogen-bond donors (Lipinski definition) is 2. The first kappa shape index (κ1) is 29.7. The van der Waals surface area contributed by atoms with Crippen molar-refractivity contribution in [1.82, 2.24) is 0 Å². The van der Waals surface area contributed by atoms with Crippen LogP contribution in [0.1, 0.15) is 17.5 Å². The second-order valence-corrected chi connectivity index (χ2v) is 10.3. The number of nitrogens with two attached hydrogens (primary N) is 1. The van der Waals surface area contributed by atoms with Gasteiger partial charge >= 0.3 is 6.36 Å². The number of rotatable bonds is 11. The van der Waals surface area contributed by atoms with Crippen LogP contribution >= 0.6 is 0 Å². The summed E-state index contributed by atoms with van der Waals surface area (Å²) in [6.45, 7) is 0.880. The van der Waals surface area contributed by atoms with E-state index in [1.54, 1.807) is 18.2 Å². The summed E-state index contributed by atoms with van der Waals surface area (Å²) in [6, 6.07) is 11.0. The average Bonchev–Trinajstić information content (AvgIpc) is 3.10. The highest BCUT2D eigenvalue weighted by atomic mass is 32.2. The van der Waals surface area contributed by atoms with Gasteiger partial charge in [-0.15, -0.1) is 13.2 Å². The fraction of sp³-hybridized carbons (Fsp3) is 0.214. The number of nitrogens with one attached hydrogen (secondary N) is 1. The third-order valence-corrected chi connectivity index (χ3v) is 7.17. The van der Waals surface area contributed by atoms with Crippen LogP contribution in [0.3, 0.4) is 0 Å². The SMILES string of the molecule is COc1cc2c(cc1OCCCN)CC=CC=C2Oc1ccc(NS(=O)(=O)c2ccccc2OC(F)(F)F)cc1F. The van der Waals surface area contributed by atoms with Gasteiger partial charge in [0.15, 0.2) is 23.1 Å². The Bertz CT molecular complexity index is 1570. The lowest BCUT2D eigenvalue weighted by Crippen LogP contribution is -2.20. The molecule has 0 radical (unpaired) electrons. The molecule has 0 atom stereocenters. The Morgan fingerprint density at radius 3 is 2.49 bits per heavy atom. The summed E-state index contributed by atoms with van der Waals surface area (Å²) >= 11 is 0. The number of allylic oxidation sites excluding steroid dienone is 3. The van der Waals surface area contributed by atoms with Gasteiger partial charge in [-0.1, -0.05) is 24.3 Å². The van der Waals surface area contributed by atoms with Crippen LogP contribution < -0.4 is 29.4 Å². The first-order valence-electron chi connectivity index (χ1n) is 12.3. The number of anilines is 1. The maximum Gasteiger partial charge on any atom is 0.573 e. The maximum atomic E-state index is 15.1. The summed E-state index contributed by atoms with van der Waals surface area (Å²) in [4.78, 5) is -0.773. The Labute approximate surface area is 234 Å². The van der Waals surface area contributed by atoms with E-state index in [0.29, 0.717) is 48.8 Å². The van der Waals surface area contributed by atoms with E-state index >= 15 is 4.39 Å². The van der Waals surface area contributed by atoms with E-state index < -0.39 is 32.8 Å². The van der Waals surface area contributed by atoms with Crippen LogP contribution in [0, 0.1) is 5.82 Å². The summed E-state index contributed by atoms with van der Waals surface area (Å²) in [6.07, 6.45) is 1.37. The molecule has 3 aromatic carbocycles. The standard InChI is InChI=1S/C28H26F4N2O6S/c1-37-25-17-20-18(15-26(25)38-14-6-13-33)7-2-3-8-22(20)39-23-12-11-19(16-21(23)29)34-41(35,36)27-10-5-4-9-24(27)40-28(30,31)32/h2-5,8-12,15-17,34H,6-7,13-14,33H2,1H3. The second-order valence-electron chi connectivity index (χ2n) is 8.66. The van der Waals surface area contributed by atoms with Gasteiger partial charge < -0.3 is 24.7 Å². The molecule has 1 aliphatic rings. The minimum atomic E-state index is -5.11. The van der Waals surface area contributed by atoms with Gasteiger partial charge in [0, 0.05) is 11.6 Å². The molecule has 0 bridgehead atoms. The molecule has 0 aliphatic heterocycles. The number of para-hydroxylation sites is 1. The third kappa shape index (κ3) is 7.50. The predicted molar refractivity (Wildman–Crippen MR) is 144 cm³/mol. The van der Waals surface area contributed by atoms with Gasteiger partial charge in [-0.3, -0.25) is 4.72 Å². The van der Waals surface area contributed by atoms with Crippen LogP contribution in [-0.2, 0) is 16.4 Å². The molecule has 8 nitrogen and oxygen atoms in total. The molecule has 0 heterocycles. The molecule has 0 saturated heterocycles. The molecule has 13 heteroatoms. The topological polar surface area (TPSA) is 109 Å². The Morgan fingerprint density at radius 1 is 1.00 bits per heavy atom. The lowest BCUT2D eigenvalue weighted by Gasteiger charge is -2.18. The van der Waals surface area contributed by atoms with Crippen molar-refractivity contribution in [2.75, 3.05) is 25.0 Å². The summed E-state index contributed by atoms with van der Waals surface area (Å²) < 4.78 is 102. The Hall–Kier alpha value is -4.23. The first-order valence-corrected chi connectivity index (χ1v) is 13.7. The van der Waals surface area contributed by atoms with E-state index in [9.17, 15) is 21.6 Å². The van der Waals surface area contributed by atoms with Crippen molar-refractivity contribution in [3.05, 3.63) is 89.8 Å². The minimum absolute atomic E-state index is 0.219. The van der Waals surface area contributed by atoms with Crippen molar-refractivity contribution < 1.29 is 44.9 Å². The highest BCUT2D eigenvalue weighted by molar-refractivity contribution is 7.92. The Kier molecular flexibility index (Phi) is 9.08. The number of benzene rings is 3. The molecule has 0 spiro atoms. The molecule has 0 saturated carbocycles. The summed E-state index contributed by atoms with van der Waals surface area (Å²) in [7, 11) is -3.08.